The topological polar surface area (TPSA) is 12.0 Å². The lowest BCUT2D eigenvalue weighted by atomic mass is 10.2. The molecule has 0 spiro atoms. The van der Waals surface area contributed by atoms with Gasteiger partial charge in [0.05, 0.1) is 0 Å². The van der Waals surface area contributed by atoms with E-state index in [2.05, 4.69) is 31.3 Å². The Morgan fingerprint density at radius 3 is 2.72 bits per heavy atom. The molecular formula is C15H22ClNS. The van der Waals surface area contributed by atoms with Crippen LogP contribution in [-0.4, -0.2) is 11.3 Å². The largest absolute Gasteiger partial charge is 0.310 e. The molecule has 0 radical (unpaired) electrons. The minimum atomic E-state index is 0.519. The summed E-state index contributed by atoms with van der Waals surface area (Å²) in [5, 5.41) is 5.13. The molecule has 0 saturated heterocycles. The van der Waals surface area contributed by atoms with Crippen molar-refractivity contribution < 1.29 is 0 Å². The first-order chi connectivity index (χ1) is 8.65. The average molecular weight is 284 g/mol. The summed E-state index contributed by atoms with van der Waals surface area (Å²) in [6.07, 6.45) is 5.48. The third-order valence-corrected chi connectivity index (χ3v) is 5.00. The van der Waals surface area contributed by atoms with Crippen molar-refractivity contribution in [1.82, 2.24) is 5.32 Å². The van der Waals surface area contributed by atoms with Gasteiger partial charge in [-0.2, -0.15) is 0 Å². The van der Waals surface area contributed by atoms with Gasteiger partial charge in [-0.3, -0.25) is 0 Å². The maximum absolute atomic E-state index is 6.13. The minimum absolute atomic E-state index is 0.519. The number of rotatable bonds is 5. The van der Waals surface area contributed by atoms with E-state index in [-0.39, 0.29) is 0 Å². The van der Waals surface area contributed by atoms with Crippen LogP contribution in [0.3, 0.4) is 0 Å². The molecule has 3 heteroatoms. The molecule has 2 rings (SSSR count). The van der Waals surface area contributed by atoms with Crippen LogP contribution in [0.2, 0.25) is 5.02 Å². The predicted molar refractivity (Wildman–Crippen MR) is 81.5 cm³/mol. The molecule has 0 aliphatic heterocycles. The fourth-order valence-corrected chi connectivity index (χ4v) is 3.94. The summed E-state index contributed by atoms with van der Waals surface area (Å²) in [6.45, 7) is 5.29. The molecule has 0 bridgehead atoms. The molecule has 1 aromatic rings. The number of hydrogen-bond acceptors (Lipinski definition) is 2. The molecule has 1 saturated carbocycles. The Labute approximate surface area is 120 Å². The van der Waals surface area contributed by atoms with Crippen molar-refractivity contribution in [2.45, 2.75) is 62.3 Å². The quantitative estimate of drug-likeness (QED) is 0.827. The lowest BCUT2D eigenvalue weighted by molar-refractivity contribution is 0.584. The zero-order chi connectivity index (χ0) is 13.0. The van der Waals surface area contributed by atoms with Gasteiger partial charge in [0.25, 0.3) is 0 Å². The highest BCUT2D eigenvalue weighted by atomic mass is 35.5. The number of halogens is 1. The molecule has 1 fully saturated rings. The number of nitrogens with one attached hydrogen (secondary N) is 1. The van der Waals surface area contributed by atoms with Crippen molar-refractivity contribution >= 4 is 23.4 Å². The van der Waals surface area contributed by atoms with Gasteiger partial charge < -0.3 is 5.32 Å². The summed E-state index contributed by atoms with van der Waals surface area (Å²) in [7, 11) is 0. The van der Waals surface area contributed by atoms with E-state index < -0.39 is 0 Å². The van der Waals surface area contributed by atoms with Crippen molar-refractivity contribution in [3.05, 3.63) is 28.8 Å². The molecule has 0 heterocycles. The van der Waals surface area contributed by atoms with Crippen molar-refractivity contribution in [3.63, 3.8) is 0 Å². The highest BCUT2D eigenvalue weighted by Crippen LogP contribution is 2.37. The van der Waals surface area contributed by atoms with Gasteiger partial charge in [-0.1, -0.05) is 44.4 Å². The zero-order valence-electron chi connectivity index (χ0n) is 11.2. The Morgan fingerprint density at radius 2 is 2.06 bits per heavy atom. The van der Waals surface area contributed by atoms with Gasteiger partial charge >= 0.3 is 0 Å². The second kappa shape index (κ2) is 6.83. The van der Waals surface area contributed by atoms with E-state index in [9.17, 15) is 0 Å². The molecular weight excluding hydrogens is 262 g/mol. The second-order valence-corrected chi connectivity index (χ2v) is 7.09. The maximum atomic E-state index is 6.13. The number of benzene rings is 1. The van der Waals surface area contributed by atoms with Gasteiger partial charge in [0.2, 0.25) is 0 Å². The Bertz CT molecular complexity index is 386. The third-order valence-electron chi connectivity index (χ3n) is 3.33. The van der Waals surface area contributed by atoms with Crippen LogP contribution >= 0.6 is 23.4 Å². The standard InChI is InChI=1S/C15H22ClNS/c1-11(2)17-10-12-7-8-13(16)9-15(12)18-14-5-3-4-6-14/h7-9,11,14,17H,3-6,10H2,1-2H3. The van der Waals surface area contributed by atoms with Crippen LogP contribution in [0.25, 0.3) is 0 Å². The Kier molecular flexibility index (Phi) is 5.40. The summed E-state index contributed by atoms with van der Waals surface area (Å²) in [5.41, 5.74) is 1.38. The molecule has 1 aliphatic rings. The summed E-state index contributed by atoms with van der Waals surface area (Å²) < 4.78 is 0. The summed E-state index contributed by atoms with van der Waals surface area (Å²) >= 11 is 8.15. The SMILES string of the molecule is CC(C)NCc1ccc(Cl)cc1SC1CCCC1. The minimum Gasteiger partial charge on any atom is -0.310 e. The van der Waals surface area contributed by atoms with Gasteiger partial charge in [-0.25, -0.2) is 0 Å². The van der Waals surface area contributed by atoms with Crippen molar-refractivity contribution in [2.75, 3.05) is 0 Å². The van der Waals surface area contributed by atoms with Crippen LogP contribution in [0.1, 0.15) is 45.1 Å². The monoisotopic (exact) mass is 283 g/mol. The zero-order valence-corrected chi connectivity index (χ0v) is 12.8. The van der Waals surface area contributed by atoms with Gasteiger partial charge in [-0.15, -0.1) is 11.8 Å². The van der Waals surface area contributed by atoms with Gasteiger partial charge in [0, 0.05) is 27.8 Å². The van der Waals surface area contributed by atoms with E-state index in [4.69, 9.17) is 11.6 Å². The molecule has 1 nitrogen and oxygen atoms in total. The first-order valence-electron chi connectivity index (χ1n) is 6.83. The normalized spacial score (nSPS) is 16.7. The molecule has 1 aliphatic carbocycles. The van der Waals surface area contributed by atoms with Crippen LogP contribution in [0, 0.1) is 0 Å². The summed E-state index contributed by atoms with van der Waals surface area (Å²) in [4.78, 5) is 1.36. The van der Waals surface area contributed by atoms with E-state index in [1.807, 2.05) is 17.8 Å². The van der Waals surface area contributed by atoms with Crippen LogP contribution in [0.15, 0.2) is 23.1 Å². The molecule has 1 aromatic carbocycles. The summed E-state index contributed by atoms with van der Waals surface area (Å²) in [5.74, 6) is 0. The lowest BCUT2D eigenvalue weighted by Crippen LogP contribution is -2.22. The molecule has 0 amide bonds. The third kappa shape index (κ3) is 4.18. The molecule has 100 valence electrons. The van der Waals surface area contributed by atoms with E-state index in [0.29, 0.717) is 6.04 Å². The Balaban J connectivity index is 2.07. The lowest BCUT2D eigenvalue weighted by Gasteiger charge is -2.15. The molecule has 0 unspecified atom stereocenters. The first kappa shape index (κ1) is 14.2. The molecule has 0 aromatic heterocycles. The average Bonchev–Trinajstić information content (AvgIpc) is 2.80. The van der Waals surface area contributed by atoms with Crippen molar-refractivity contribution in [2.24, 2.45) is 0 Å². The highest BCUT2D eigenvalue weighted by Gasteiger charge is 2.17. The first-order valence-corrected chi connectivity index (χ1v) is 8.09. The van der Waals surface area contributed by atoms with E-state index >= 15 is 0 Å². The predicted octanol–water partition coefficient (Wildman–Crippen LogP) is 4.87. The van der Waals surface area contributed by atoms with E-state index in [1.165, 1.54) is 36.1 Å². The van der Waals surface area contributed by atoms with Gasteiger partial charge in [0.1, 0.15) is 0 Å². The smallest absolute Gasteiger partial charge is 0.0417 e. The molecule has 18 heavy (non-hydrogen) atoms. The number of hydrogen-bond donors (Lipinski definition) is 1. The van der Waals surface area contributed by atoms with Crippen LogP contribution < -0.4 is 5.32 Å². The Morgan fingerprint density at radius 1 is 1.33 bits per heavy atom. The van der Waals surface area contributed by atoms with Gasteiger partial charge in [-0.05, 0) is 30.5 Å². The summed E-state index contributed by atoms with van der Waals surface area (Å²) in [6, 6.07) is 6.80. The van der Waals surface area contributed by atoms with Crippen molar-refractivity contribution in [1.29, 1.82) is 0 Å². The van der Waals surface area contributed by atoms with Crippen LogP contribution in [0.5, 0.6) is 0 Å². The van der Waals surface area contributed by atoms with Crippen LogP contribution in [-0.2, 0) is 6.54 Å². The molecule has 0 atom stereocenters. The van der Waals surface area contributed by atoms with Crippen LogP contribution in [0.4, 0.5) is 0 Å². The van der Waals surface area contributed by atoms with E-state index in [0.717, 1.165) is 16.8 Å². The Hall–Kier alpha value is -0.180. The maximum Gasteiger partial charge on any atom is 0.0417 e. The van der Waals surface area contributed by atoms with Crippen molar-refractivity contribution in [3.8, 4) is 0 Å². The molecule has 1 N–H and O–H groups in total. The fourth-order valence-electron chi connectivity index (χ4n) is 2.28. The highest BCUT2D eigenvalue weighted by molar-refractivity contribution is 8.00. The second-order valence-electron chi connectivity index (χ2n) is 5.31. The number of thioether (sulfide) groups is 1. The van der Waals surface area contributed by atoms with E-state index in [1.54, 1.807) is 0 Å². The van der Waals surface area contributed by atoms with Gasteiger partial charge in [0.15, 0.2) is 0 Å². The fraction of sp³-hybridized carbons (Fsp3) is 0.600.